The second-order valence-electron chi connectivity index (χ2n) is 11.2. The molecule has 0 aromatic heterocycles. The summed E-state index contributed by atoms with van der Waals surface area (Å²) < 4.78 is 0. The molecule has 0 radical (unpaired) electrons. The smallest absolute Gasteiger partial charge is 0.326 e. The average Bonchev–Trinajstić information content (AvgIpc) is 3.74. The Morgan fingerprint density at radius 2 is 1.52 bits per heavy atom. The molecule has 3 aliphatic rings. The largest absolute Gasteiger partial charge is 0.480 e. The minimum absolute atomic E-state index is 0.230. The lowest BCUT2D eigenvalue weighted by Crippen LogP contribution is -2.59. The van der Waals surface area contributed by atoms with E-state index in [0.717, 1.165) is 13.0 Å². The quantitative estimate of drug-likeness (QED) is 0.136. The van der Waals surface area contributed by atoms with Crippen LogP contribution >= 0.6 is 0 Å². The van der Waals surface area contributed by atoms with Gasteiger partial charge < -0.3 is 41.9 Å². The Morgan fingerprint density at radius 1 is 0.905 bits per heavy atom. The maximum absolute atomic E-state index is 13.7. The highest BCUT2D eigenvalue weighted by atomic mass is 16.4. The lowest BCUT2D eigenvalue weighted by Gasteiger charge is -2.33. The number of likely N-dealkylation sites (tertiary alicyclic amines) is 2. The van der Waals surface area contributed by atoms with Crippen molar-refractivity contribution in [2.45, 2.75) is 95.4 Å². The van der Waals surface area contributed by atoms with Gasteiger partial charge in [0.05, 0.1) is 19.0 Å². The fraction of sp³-hybridized carbons (Fsp3) is 0.741. The fourth-order valence-corrected chi connectivity index (χ4v) is 5.72. The molecule has 0 aliphatic carbocycles. The number of primary amides is 1. The number of nitrogens with two attached hydrogens (primary N) is 1. The van der Waals surface area contributed by atoms with Gasteiger partial charge in [-0.05, 0) is 51.0 Å². The van der Waals surface area contributed by atoms with E-state index in [1.54, 1.807) is 6.92 Å². The van der Waals surface area contributed by atoms with E-state index in [1.165, 1.54) is 9.80 Å². The monoisotopic (exact) mass is 593 g/mol. The zero-order valence-electron chi connectivity index (χ0n) is 24.2. The average molecular weight is 594 g/mol. The molecule has 15 heteroatoms. The van der Waals surface area contributed by atoms with E-state index in [0.29, 0.717) is 38.6 Å². The Kier molecular flexibility index (Phi) is 11.6. The highest BCUT2D eigenvalue weighted by molar-refractivity contribution is 5.96. The van der Waals surface area contributed by atoms with Crippen LogP contribution in [0.1, 0.15) is 65.2 Å². The van der Waals surface area contributed by atoms with Crippen LogP contribution in [0.15, 0.2) is 0 Å². The van der Waals surface area contributed by atoms with Gasteiger partial charge in [0.2, 0.25) is 35.4 Å². The molecule has 3 aliphatic heterocycles. The van der Waals surface area contributed by atoms with Gasteiger partial charge in [-0.25, -0.2) is 4.79 Å². The molecule has 3 rings (SSSR count). The van der Waals surface area contributed by atoms with E-state index in [9.17, 15) is 38.7 Å². The molecule has 15 nitrogen and oxygen atoms in total. The zero-order valence-corrected chi connectivity index (χ0v) is 24.2. The molecule has 0 aromatic carbocycles. The number of hydrogen-bond donors (Lipinski definition) is 6. The van der Waals surface area contributed by atoms with Gasteiger partial charge >= 0.3 is 5.97 Å². The van der Waals surface area contributed by atoms with Gasteiger partial charge in [-0.15, -0.1) is 0 Å². The maximum Gasteiger partial charge on any atom is 0.326 e. The topological polar surface area (TPSA) is 220 Å². The van der Waals surface area contributed by atoms with Gasteiger partial charge in [0.15, 0.2) is 0 Å². The third-order valence-electron chi connectivity index (χ3n) is 8.30. The Morgan fingerprint density at radius 3 is 2.10 bits per heavy atom. The van der Waals surface area contributed by atoms with Crippen molar-refractivity contribution >= 4 is 41.4 Å². The summed E-state index contributed by atoms with van der Waals surface area (Å²) >= 11 is 0. The summed E-state index contributed by atoms with van der Waals surface area (Å²) in [5.41, 5.74) is 5.10. The summed E-state index contributed by atoms with van der Waals surface area (Å²) in [5.74, 6) is -4.95. The van der Waals surface area contributed by atoms with Gasteiger partial charge in [-0.3, -0.25) is 28.8 Å². The maximum atomic E-state index is 13.7. The van der Waals surface area contributed by atoms with Crippen LogP contribution in [-0.2, 0) is 33.6 Å². The van der Waals surface area contributed by atoms with Gasteiger partial charge in [-0.2, -0.15) is 0 Å². The van der Waals surface area contributed by atoms with E-state index in [-0.39, 0.29) is 43.3 Å². The van der Waals surface area contributed by atoms with Crippen molar-refractivity contribution in [1.29, 1.82) is 0 Å². The molecule has 6 amide bonds. The van der Waals surface area contributed by atoms with Crippen molar-refractivity contribution < 1.29 is 38.7 Å². The summed E-state index contributed by atoms with van der Waals surface area (Å²) in [6.45, 7) is 4.76. The molecule has 3 fully saturated rings. The molecule has 0 saturated carbocycles. The van der Waals surface area contributed by atoms with Crippen LogP contribution in [0.3, 0.4) is 0 Å². The Balaban J connectivity index is 1.65. The van der Waals surface area contributed by atoms with Crippen molar-refractivity contribution in [3.8, 4) is 0 Å². The van der Waals surface area contributed by atoms with Crippen molar-refractivity contribution in [2.75, 3.05) is 26.2 Å². The summed E-state index contributed by atoms with van der Waals surface area (Å²) in [5, 5.41) is 20.2. The van der Waals surface area contributed by atoms with Gasteiger partial charge in [0.25, 0.3) is 0 Å². The van der Waals surface area contributed by atoms with Crippen molar-refractivity contribution in [3.05, 3.63) is 0 Å². The number of nitrogens with one attached hydrogen (secondary N) is 4. The highest BCUT2D eigenvalue weighted by Crippen LogP contribution is 2.23. The van der Waals surface area contributed by atoms with E-state index in [4.69, 9.17) is 5.73 Å². The third-order valence-corrected chi connectivity index (χ3v) is 8.30. The normalized spacial score (nSPS) is 24.0. The minimum Gasteiger partial charge on any atom is -0.480 e. The van der Waals surface area contributed by atoms with Crippen LogP contribution in [0, 0.1) is 5.92 Å². The van der Waals surface area contributed by atoms with Crippen LogP contribution < -0.4 is 27.0 Å². The van der Waals surface area contributed by atoms with E-state index in [2.05, 4.69) is 21.3 Å². The standard InChI is InChI=1S/C27H43N7O8/c1-3-15(2)22(26(40)34-12-6-9-19(34)24(38)31-17(27(41)42)13-20(28)35)32-25(39)18-8-5-11-33(18)21(36)14-30-23(37)16-7-4-10-29-16/h15-19,22,29H,3-14H2,1-2H3,(H2,28,35)(H,30,37)(H,31,38)(H,32,39)(H,41,42)/t15-,16-,17-,18-,19-,22-/m0/s1. The first-order valence-corrected chi connectivity index (χ1v) is 14.7. The molecule has 0 bridgehead atoms. The second kappa shape index (κ2) is 14.9. The molecule has 3 saturated heterocycles. The number of rotatable bonds is 13. The molecule has 3 heterocycles. The van der Waals surface area contributed by atoms with Crippen LogP contribution in [0.5, 0.6) is 0 Å². The number of carbonyl (C=O) groups excluding carboxylic acids is 6. The summed E-state index contributed by atoms with van der Waals surface area (Å²) in [7, 11) is 0. The number of carboxylic acid groups (broad SMARTS) is 1. The van der Waals surface area contributed by atoms with Crippen LogP contribution in [-0.4, -0.2) is 113 Å². The van der Waals surface area contributed by atoms with E-state index in [1.807, 2.05) is 6.92 Å². The molecule has 7 N–H and O–H groups in total. The highest BCUT2D eigenvalue weighted by Gasteiger charge is 2.42. The molecule has 0 unspecified atom stereocenters. The minimum atomic E-state index is -1.53. The van der Waals surface area contributed by atoms with Gasteiger partial charge in [-0.1, -0.05) is 20.3 Å². The molecule has 42 heavy (non-hydrogen) atoms. The number of aliphatic carboxylic acids is 1. The molecule has 0 spiro atoms. The predicted octanol–water partition coefficient (Wildman–Crippen LogP) is -2.19. The zero-order chi connectivity index (χ0) is 31.0. The molecule has 234 valence electrons. The lowest BCUT2D eigenvalue weighted by atomic mass is 9.96. The van der Waals surface area contributed by atoms with Gasteiger partial charge in [0, 0.05) is 13.1 Å². The first-order valence-electron chi connectivity index (χ1n) is 14.7. The van der Waals surface area contributed by atoms with Crippen molar-refractivity contribution in [3.63, 3.8) is 0 Å². The summed E-state index contributed by atoms with van der Waals surface area (Å²) in [4.78, 5) is 90.9. The van der Waals surface area contributed by atoms with Crippen molar-refractivity contribution in [1.82, 2.24) is 31.1 Å². The third kappa shape index (κ3) is 8.17. The molecular formula is C27H43N7O8. The first-order chi connectivity index (χ1) is 19.9. The van der Waals surface area contributed by atoms with Crippen LogP contribution in [0.4, 0.5) is 0 Å². The van der Waals surface area contributed by atoms with Crippen molar-refractivity contribution in [2.24, 2.45) is 11.7 Å². The fourth-order valence-electron chi connectivity index (χ4n) is 5.72. The Hall–Kier alpha value is -3.75. The predicted molar refractivity (Wildman–Crippen MR) is 148 cm³/mol. The number of amides is 6. The van der Waals surface area contributed by atoms with Crippen LogP contribution in [0.25, 0.3) is 0 Å². The lowest BCUT2D eigenvalue weighted by molar-refractivity contribution is -0.146. The SMILES string of the molecule is CC[C@H](C)[C@H](NC(=O)[C@@H]1CCCN1C(=O)CNC(=O)[C@@H]1CCCN1)C(=O)N1CCC[C@H]1C(=O)N[C@@H](CC(N)=O)C(=O)O. The van der Waals surface area contributed by atoms with Gasteiger partial charge in [0.1, 0.15) is 24.2 Å². The number of carboxylic acids is 1. The first kappa shape index (κ1) is 32.8. The molecule has 6 atom stereocenters. The van der Waals surface area contributed by atoms with Crippen LogP contribution in [0.2, 0.25) is 0 Å². The Labute approximate surface area is 244 Å². The number of nitrogens with zero attached hydrogens (tertiary/aromatic N) is 2. The summed E-state index contributed by atoms with van der Waals surface area (Å²) in [6, 6.07) is -4.61. The number of hydrogen-bond acceptors (Lipinski definition) is 8. The Bertz CT molecular complexity index is 1060. The number of carbonyl (C=O) groups is 7. The molecular weight excluding hydrogens is 550 g/mol. The second-order valence-corrected chi connectivity index (χ2v) is 11.2. The summed E-state index contributed by atoms with van der Waals surface area (Å²) in [6.07, 6.45) is 3.31. The van der Waals surface area contributed by atoms with E-state index >= 15 is 0 Å². The molecule has 0 aromatic rings. The van der Waals surface area contributed by atoms with E-state index < -0.39 is 60.2 Å².